The molecule has 0 aliphatic carbocycles. The average molecular weight is 303 g/mol. The molecule has 3 nitrogen and oxygen atoms in total. The van der Waals surface area contributed by atoms with Crippen molar-refractivity contribution in [2.24, 2.45) is 0 Å². The number of hydrogen-bond acceptors (Lipinski definition) is 3. The molecule has 0 aliphatic heterocycles. The summed E-state index contributed by atoms with van der Waals surface area (Å²) < 4.78 is 37.6. The summed E-state index contributed by atoms with van der Waals surface area (Å²) in [6.45, 7) is 7.62. The van der Waals surface area contributed by atoms with Crippen molar-refractivity contribution in [2.45, 2.75) is 59.0 Å². The Morgan fingerprint density at radius 2 is 1.86 bits per heavy atom. The van der Waals surface area contributed by atoms with E-state index in [1.54, 1.807) is 26.1 Å². The van der Waals surface area contributed by atoms with E-state index in [1.165, 1.54) is 4.90 Å². The Balaban J connectivity index is 2.63. The second-order valence-electron chi connectivity index (χ2n) is 5.81. The molecular formula is C15H24F3N3. The average Bonchev–Trinajstić information content (AvgIpc) is 2.35. The van der Waals surface area contributed by atoms with E-state index in [2.05, 4.69) is 24.1 Å². The molecule has 1 N–H and O–H groups in total. The summed E-state index contributed by atoms with van der Waals surface area (Å²) in [4.78, 5) is 5.63. The van der Waals surface area contributed by atoms with E-state index in [0.717, 1.165) is 5.56 Å². The van der Waals surface area contributed by atoms with Gasteiger partial charge in [0.15, 0.2) is 0 Å². The van der Waals surface area contributed by atoms with Crippen LogP contribution in [0.3, 0.4) is 0 Å². The number of hydrogen-bond donors (Lipinski definition) is 1. The van der Waals surface area contributed by atoms with Gasteiger partial charge in [-0.05, 0) is 25.5 Å². The second kappa shape index (κ2) is 7.75. The predicted molar refractivity (Wildman–Crippen MR) is 77.8 cm³/mol. The monoisotopic (exact) mass is 303 g/mol. The maximum absolute atomic E-state index is 12.5. The largest absolute Gasteiger partial charge is 0.401 e. The maximum atomic E-state index is 12.5. The van der Waals surface area contributed by atoms with Crippen LogP contribution < -0.4 is 5.32 Å². The number of pyridine rings is 1. The molecule has 0 bridgehead atoms. The molecule has 0 aromatic carbocycles. The lowest BCUT2D eigenvalue weighted by Gasteiger charge is -2.27. The summed E-state index contributed by atoms with van der Waals surface area (Å²) in [6, 6.07) is 3.90. The fraction of sp³-hybridized carbons (Fsp3) is 0.667. The van der Waals surface area contributed by atoms with E-state index in [1.807, 2.05) is 6.07 Å². The van der Waals surface area contributed by atoms with E-state index >= 15 is 0 Å². The van der Waals surface area contributed by atoms with E-state index in [4.69, 9.17) is 0 Å². The zero-order chi connectivity index (χ0) is 16.0. The van der Waals surface area contributed by atoms with Crippen molar-refractivity contribution in [2.75, 3.05) is 6.54 Å². The number of nitrogens with zero attached hydrogens (tertiary/aromatic N) is 2. The molecule has 0 atom stereocenters. The molecule has 0 aliphatic rings. The molecule has 1 aromatic heterocycles. The molecule has 0 spiro atoms. The molecule has 0 amide bonds. The highest BCUT2D eigenvalue weighted by atomic mass is 19.4. The summed E-state index contributed by atoms with van der Waals surface area (Å²) in [7, 11) is 0. The first-order valence-electron chi connectivity index (χ1n) is 7.15. The summed E-state index contributed by atoms with van der Waals surface area (Å²) in [6.07, 6.45) is -2.47. The highest BCUT2D eigenvalue weighted by molar-refractivity contribution is 5.14. The van der Waals surface area contributed by atoms with Crippen molar-refractivity contribution in [3.05, 3.63) is 29.6 Å². The van der Waals surface area contributed by atoms with Crippen LogP contribution in [-0.2, 0) is 13.1 Å². The molecule has 0 unspecified atom stereocenters. The topological polar surface area (TPSA) is 28.2 Å². The van der Waals surface area contributed by atoms with Crippen LogP contribution in [0.5, 0.6) is 0 Å². The van der Waals surface area contributed by atoms with E-state index in [-0.39, 0.29) is 12.6 Å². The van der Waals surface area contributed by atoms with Gasteiger partial charge < -0.3 is 5.32 Å². The summed E-state index contributed by atoms with van der Waals surface area (Å²) in [5.41, 5.74) is 1.68. The summed E-state index contributed by atoms with van der Waals surface area (Å²) in [5.74, 6) is 0. The SMILES string of the molecule is CC(C)NCc1ccc(CN(CC(F)(F)F)C(C)C)nc1. The third-order valence-electron chi connectivity index (χ3n) is 3.08. The first kappa shape index (κ1) is 17.9. The Hall–Kier alpha value is -1.14. The Bertz CT molecular complexity index is 413. The molecule has 0 radical (unpaired) electrons. The summed E-state index contributed by atoms with van der Waals surface area (Å²) in [5, 5.41) is 3.27. The van der Waals surface area contributed by atoms with Crippen LogP contribution >= 0.6 is 0 Å². The Labute approximate surface area is 124 Å². The molecule has 1 heterocycles. The Morgan fingerprint density at radius 3 is 2.29 bits per heavy atom. The number of halogens is 3. The third kappa shape index (κ3) is 7.43. The van der Waals surface area contributed by atoms with Gasteiger partial charge >= 0.3 is 6.18 Å². The van der Waals surface area contributed by atoms with Gasteiger partial charge in [-0.2, -0.15) is 13.2 Å². The van der Waals surface area contributed by atoms with Crippen LogP contribution in [-0.4, -0.2) is 34.7 Å². The first-order valence-corrected chi connectivity index (χ1v) is 7.15. The van der Waals surface area contributed by atoms with Gasteiger partial charge in [0.25, 0.3) is 0 Å². The van der Waals surface area contributed by atoms with Crippen LogP contribution in [0.2, 0.25) is 0 Å². The van der Waals surface area contributed by atoms with Gasteiger partial charge in [0.2, 0.25) is 0 Å². The lowest BCUT2D eigenvalue weighted by atomic mass is 10.2. The second-order valence-corrected chi connectivity index (χ2v) is 5.81. The van der Waals surface area contributed by atoms with Crippen molar-refractivity contribution in [3.8, 4) is 0 Å². The standard InChI is InChI=1S/C15H24F3N3/c1-11(2)19-7-13-5-6-14(20-8-13)9-21(12(3)4)10-15(16,17)18/h5-6,8,11-12,19H,7,9-10H2,1-4H3. The maximum Gasteiger partial charge on any atom is 0.401 e. The highest BCUT2D eigenvalue weighted by Gasteiger charge is 2.31. The van der Waals surface area contributed by atoms with Crippen LogP contribution in [0.1, 0.15) is 39.0 Å². The predicted octanol–water partition coefficient (Wildman–Crippen LogP) is 3.35. The fourth-order valence-corrected chi connectivity index (χ4v) is 1.83. The van der Waals surface area contributed by atoms with Crippen molar-refractivity contribution in [1.29, 1.82) is 0 Å². The van der Waals surface area contributed by atoms with E-state index in [0.29, 0.717) is 18.3 Å². The molecular weight excluding hydrogens is 279 g/mol. The van der Waals surface area contributed by atoms with Gasteiger partial charge in [-0.1, -0.05) is 19.9 Å². The van der Waals surface area contributed by atoms with E-state index < -0.39 is 12.7 Å². The fourth-order valence-electron chi connectivity index (χ4n) is 1.83. The van der Waals surface area contributed by atoms with Crippen molar-refractivity contribution in [1.82, 2.24) is 15.2 Å². The van der Waals surface area contributed by atoms with Gasteiger partial charge in [0.05, 0.1) is 12.2 Å². The lowest BCUT2D eigenvalue weighted by Crippen LogP contribution is -2.38. The number of rotatable bonds is 7. The van der Waals surface area contributed by atoms with E-state index in [9.17, 15) is 13.2 Å². The van der Waals surface area contributed by atoms with Gasteiger partial charge in [-0.25, -0.2) is 0 Å². The van der Waals surface area contributed by atoms with Gasteiger partial charge in [0.1, 0.15) is 0 Å². The quantitative estimate of drug-likeness (QED) is 0.837. The molecule has 0 saturated carbocycles. The summed E-state index contributed by atoms with van der Waals surface area (Å²) >= 11 is 0. The van der Waals surface area contributed by atoms with Crippen molar-refractivity contribution >= 4 is 0 Å². The minimum Gasteiger partial charge on any atom is -0.310 e. The number of nitrogens with one attached hydrogen (secondary N) is 1. The van der Waals surface area contributed by atoms with Gasteiger partial charge in [-0.15, -0.1) is 0 Å². The van der Waals surface area contributed by atoms with Crippen LogP contribution in [0, 0.1) is 0 Å². The molecule has 0 saturated heterocycles. The number of alkyl halides is 3. The molecule has 21 heavy (non-hydrogen) atoms. The van der Waals surface area contributed by atoms with Crippen LogP contribution in [0.25, 0.3) is 0 Å². The third-order valence-corrected chi connectivity index (χ3v) is 3.08. The van der Waals surface area contributed by atoms with Crippen LogP contribution in [0.4, 0.5) is 13.2 Å². The number of aromatic nitrogens is 1. The van der Waals surface area contributed by atoms with Crippen LogP contribution in [0.15, 0.2) is 18.3 Å². The smallest absolute Gasteiger partial charge is 0.310 e. The zero-order valence-corrected chi connectivity index (χ0v) is 13.0. The minimum absolute atomic E-state index is 0.185. The van der Waals surface area contributed by atoms with Gasteiger partial charge in [0, 0.05) is 31.4 Å². The molecule has 120 valence electrons. The molecule has 1 rings (SSSR count). The van der Waals surface area contributed by atoms with Gasteiger partial charge in [-0.3, -0.25) is 9.88 Å². The first-order chi connectivity index (χ1) is 9.67. The minimum atomic E-state index is -4.19. The van der Waals surface area contributed by atoms with Crippen molar-refractivity contribution in [3.63, 3.8) is 0 Å². The highest BCUT2D eigenvalue weighted by Crippen LogP contribution is 2.19. The normalized spacial score (nSPS) is 12.7. The molecule has 1 aromatic rings. The molecule has 6 heteroatoms. The lowest BCUT2D eigenvalue weighted by molar-refractivity contribution is -0.151. The molecule has 0 fully saturated rings. The Kier molecular flexibility index (Phi) is 6.61. The van der Waals surface area contributed by atoms with Crippen molar-refractivity contribution < 1.29 is 13.2 Å². The Morgan fingerprint density at radius 1 is 1.19 bits per heavy atom. The zero-order valence-electron chi connectivity index (χ0n) is 13.0.